The van der Waals surface area contributed by atoms with Gasteiger partial charge in [-0.25, -0.2) is 4.79 Å². The fourth-order valence-corrected chi connectivity index (χ4v) is 5.84. The molecule has 4 aromatic carbocycles. The molecular formula is C36H36O6. The summed E-state index contributed by atoms with van der Waals surface area (Å²) in [4.78, 5) is 12.0. The van der Waals surface area contributed by atoms with Crippen LogP contribution in [0.2, 0.25) is 0 Å². The second kappa shape index (κ2) is 12.2. The molecule has 1 aliphatic carbocycles. The van der Waals surface area contributed by atoms with Gasteiger partial charge in [0.2, 0.25) is 0 Å². The molecule has 216 valence electrons. The zero-order valence-corrected chi connectivity index (χ0v) is 24.4. The molecule has 3 N–H and O–H groups in total. The smallest absolute Gasteiger partial charge is 0.332 e. The van der Waals surface area contributed by atoms with Crippen molar-refractivity contribution < 1.29 is 29.6 Å². The van der Waals surface area contributed by atoms with Crippen molar-refractivity contribution in [2.45, 2.75) is 46.8 Å². The van der Waals surface area contributed by atoms with Crippen LogP contribution in [-0.4, -0.2) is 40.6 Å². The van der Waals surface area contributed by atoms with Crippen LogP contribution in [0.25, 0.3) is 27.8 Å². The maximum Gasteiger partial charge on any atom is 0.332 e. The predicted octanol–water partition coefficient (Wildman–Crippen LogP) is 6.87. The normalized spacial score (nSPS) is 13.8. The Labute approximate surface area is 246 Å². The zero-order valence-electron chi connectivity index (χ0n) is 24.4. The van der Waals surface area contributed by atoms with E-state index >= 15 is 0 Å². The molecule has 0 heterocycles. The number of aliphatic carboxylic acids is 1. The van der Waals surface area contributed by atoms with Crippen molar-refractivity contribution in [3.05, 3.63) is 112 Å². The molecule has 0 aliphatic heterocycles. The van der Waals surface area contributed by atoms with E-state index < -0.39 is 12.1 Å². The largest absolute Gasteiger partial charge is 0.491 e. The second-order valence-corrected chi connectivity index (χ2v) is 10.7. The van der Waals surface area contributed by atoms with E-state index in [0.717, 1.165) is 67.0 Å². The summed E-state index contributed by atoms with van der Waals surface area (Å²) < 4.78 is 12.0. The van der Waals surface area contributed by atoms with Crippen molar-refractivity contribution in [1.29, 1.82) is 0 Å². The summed E-state index contributed by atoms with van der Waals surface area (Å²) in [6.45, 7) is 8.14. The third-order valence-corrected chi connectivity index (χ3v) is 7.93. The van der Waals surface area contributed by atoms with Crippen LogP contribution in [0.5, 0.6) is 11.5 Å². The average molecular weight is 565 g/mol. The molecule has 0 aromatic heterocycles. The number of aliphatic hydroxyl groups excluding tert-OH is 2. The minimum absolute atomic E-state index is 0.0335. The lowest BCUT2D eigenvalue weighted by molar-refractivity contribution is -0.132. The minimum Gasteiger partial charge on any atom is -0.491 e. The quantitative estimate of drug-likeness (QED) is 0.160. The summed E-state index contributed by atoms with van der Waals surface area (Å²) in [6, 6.07) is 24.0. The van der Waals surface area contributed by atoms with Gasteiger partial charge < -0.3 is 24.8 Å². The number of fused-ring (bicyclic) bond motifs is 3. The van der Waals surface area contributed by atoms with Gasteiger partial charge in [-0.3, -0.25) is 0 Å². The summed E-state index contributed by atoms with van der Waals surface area (Å²) in [5, 5.41) is 28.6. The number of benzene rings is 4. The summed E-state index contributed by atoms with van der Waals surface area (Å²) in [5.74, 6) is 0.491. The number of aliphatic hydroxyl groups is 2. The topological polar surface area (TPSA) is 96.2 Å². The number of ether oxygens (including phenoxy) is 2. The monoisotopic (exact) mass is 564 g/mol. The fraction of sp³-hybridized carbons (Fsp3) is 0.250. The van der Waals surface area contributed by atoms with Crippen LogP contribution in [0.4, 0.5) is 0 Å². The number of carbonyl (C=O) groups is 1. The van der Waals surface area contributed by atoms with E-state index in [0.29, 0.717) is 24.4 Å². The zero-order chi connectivity index (χ0) is 30.0. The van der Waals surface area contributed by atoms with Crippen LogP contribution in [0.15, 0.2) is 78.4 Å². The van der Waals surface area contributed by atoms with Crippen molar-refractivity contribution >= 4 is 11.5 Å². The van der Waals surface area contributed by atoms with Gasteiger partial charge in [0, 0.05) is 11.1 Å². The van der Waals surface area contributed by atoms with Crippen molar-refractivity contribution in [2.24, 2.45) is 0 Å². The highest BCUT2D eigenvalue weighted by molar-refractivity contribution is 6.09. The molecule has 0 amide bonds. The molecule has 0 saturated heterocycles. The Bertz CT molecular complexity index is 1660. The Morgan fingerprint density at radius 3 is 2.12 bits per heavy atom. The van der Waals surface area contributed by atoms with Crippen LogP contribution in [0, 0.1) is 20.8 Å². The molecule has 0 spiro atoms. The van der Waals surface area contributed by atoms with Gasteiger partial charge in [-0.05, 0) is 107 Å². The Hall–Kier alpha value is -4.39. The van der Waals surface area contributed by atoms with Gasteiger partial charge in [0.15, 0.2) is 0 Å². The SMILES string of the molecule is CCC(C(=O)O)=C1c2ccccc2-c2cc(OCc3cccc(-c4c(C)cc(OC[C@@H](O)CO)cc4C)c3C)ccc21. The highest BCUT2D eigenvalue weighted by Gasteiger charge is 2.28. The fourth-order valence-electron chi connectivity index (χ4n) is 5.84. The molecule has 6 nitrogen and oxygen atoms in total. The van der Waals surface area contributed by atoms with Crippen LogP contribution in [0.3, 0.4) is 0 Å². The number of aryl methyl sites for hydroxylation is 2. The number of hydrogen-bond acceptors (Lipinski definition) is 5. The Morgan fingerprint density at radius 1 is 0.786 bits per heavy atom. The molecule has 6 heteroatoms. The number of carboxylic acid groups (broad SMARTS) is 1. The molecule has 0 unspecified atom stereocenters. The number of hydrogen-bond donors (Lipinski definition) is 3. The standard InChI is InChI=1S/C36H36O6/c1-5-28(36(39)40)35-31-11-7-6-10-30(31)33-17-26(13-14-32(33)35)41-19-24-9-8-12-29(23(24)4)34-21(2)15-27(16-22(34)3)42-20-25(38)18-37/h6-17,25,37-38H,5,18-20H2,1-4H3,(H,39,40)/t25-/m0/s1. The Balaban J connectivity index is 1.42. The van der Waals surface area contributed by atoms with E-state index in [2.05, 4.69) is 19.1 Å². The van der Waals surface area contributed by atoms with Gasteiger partial charge in [0.1, 0.15) is 30.8 Å². The van der Waals surface area contributed by atoms with Gasteiger partial charge >= 0.3 is 5.97 Å². The molecule has 0 saturated carbocycles. The molecule has 0 fully saturated rings. The van der Waals surface area contributed by atoms with Gasteiger partial charge in [0.05, 0.1) is 6.61 Å². The Kier molecular flexibility index (Phi) is 8.48. The molecular weight excluding hydrogens is 528 g/mol. The average Bonchev–Trinajstić information content (AvgIpc) is 3.29. The summed E-state index contributed by atoms with van der Waals surface area (Å²) in [5.41, 5.74) is 11.6. The van der Waals surface area contributed by atoms with Crippen LogP contribution in [-0.2, 0) is 11.4 Å². The van der Waals surface area contributed by atoms with E-state index in [1.807, 2.05) is 81.4 Å². The van der Waals surface area contributed by atoms with Crippen molar-refractivity contribution in [3.8, 4) is 33.8 Å². The maximum atomic E-state index is 12.0. The van der Waals surface area contributed by atoms with E-state index in [4.69, 9.17) is 14.6 Å². The van der Waals surface area contributed by atoms with Gasteiger partial charge in [0.25, 0.3) is 0 Å². The molecule has 4 aromatic rings. The highest BCUT2D eigenvalue weighted by atomic mass is 16.5. The molecule has 1 aliphatic rings. The van der Waals surface area contributed by atoms with E-state index in [1.165, 1.54) is 0 Å². The highest BCUT2D eigenvalue weighted by Crippen LogP contribution is 2.47. The summed E-state index contributed by atoms with van der Waals surface area (Å²) in [6.07, 6.45) is -0.477. The third-order valence-electron chi connectivity index (χ3n) is 7.93. The first kappa shape index (κ1) is 29.1. The van der Waals surface area contributed by atoms with Crippen molar-refractivity contribution in [2.75, 3.05) is 13.2 Å². The lowest BCUT2D eigenvalue weighted by atomic mass is 9.90. The molecule has 0 radical (unpaired) electrons. The number of rotatable bonds is 10. The molecule has 1 atom stereocenters. The Morgan fingerprint density at radius 2 is 1.45 bits per heavy atom. The van der Waals surface area contributed by atoms with Gasteiger partial charge in [-0.1, -0.05) is 55.5 Å². The molecule has 42 heavy (non-hydrogen) atoms. The molecule has 0 bridgehead atoms. The minimum atomic E-state index is -0.915. The van der Waals surface area contributed by atoms with E-state index in [-0.39, 0.29) is 13.2 Å². The van der Waals surface area contributed by atoms with Gasteiger partial charge in [-0.2, -0.15) is 0 Å². The first-order valence-electron chi connectivity index (χ1n) is 14.2. The third kappa shape index (κ3) is 5.56. The van der Waals surface area contributed by atoms with Gasteiger partial charge in [-0.15, -0.1) is 0 Å². The van der Waals surface area contributed by atoms with Crippen molar-refractivity contribution in [3.63, 3.8) is 0 Å². The maximum absolute atomic E-state index is 12.0. The first-order chi connectivity index (χ1) is 20.2. The van der Waals surface area contributed by atoms with Crippen LogP contribution in [0.1, 0.15) is 46.7 Å². The van der Waals surface area contributed by atoms with E-state index in [1.54, 1.807) is 0 Å². The number of carboxylic acids is 1. The first-order valence-corrected chi connectivity index (χ1v) is 14.2. The predicted molar refractivity (Wildman–Crippen MR) is 165 cm³/mol. The van der Waals surface area contributed by atoms with E-state index in [9.17, 15) is 15.0 Å². The summed E-state index contributed by atoms with van der Waals surface area (Å²) >= 11 is 0. The summed E-state index contributed by atoms with van der Waals surface area (Å²) in [7, 11) is 0. The van der Waals surface area contributed by atoms with Crippen LogP contribution < -0.4 is 9.47 Å². The lowest BCUT2D eigenvalue weighted by Crippen LogP contribution is -2.21. The second-order valence-electron chi connectivity index (χ2n) is 10.7. The lowest BCUT2D eigenvalue weighted by Gasteiger charge is -2.18. The van der Waals surface area contributed by atoms with Crippen LogP contribution >= 0.6 is 0 Å². The van der Waals surface area contributed by atoms with Crippen molar-refractivity contribution in [1.82, 2.24) is 0 Å². The molecule has 5 rings (SSSR count).